The quantitative estimate of drug-likeness (QED) is 0.757. The molecule has 1 amide bonds. The van der Waals surface area contributed by atoms with Gasteiger partial charge in [-0.05, 0) is 27.1 Å². The second-order valence-corrected chi connectivity index (χ2v) is 7.07. The summed E-state index contributed by atoms with van der Waals surface area (Å²) in [5.74, 6) is 1.48. The first-order valence-corrected chi connectivity index (χ1v) is 8.90. The van der Waals surface area contributed by atoms with E-state index in [2.05, 4.69) is 30.2 Å². The lowest BCUT2D eigenvalue weighted by molar-refractivity contribution is 0.0914. The number of nitrogens with one attached hydrogen (secondary N) is 1. The van der Waals surface area contributed by atoms with E-state index in [1.807, 2.05) is 20.2 Å². The summed E-state index contributed by atoms with van der Waals surface area (Å²) in [5.41, 5.74) is 0.975. The van der Waals surface area contributed by atoms with Crippen LogP contribution in [0, 0.1) is 12.8 Å². The van der Waals surface area contributed by atoms with E-state index < -0.39 is 0 Å². The second-order valence-electron chi connectivity index (χ2n) is 7.07. The van der Waals surface area contributed by atoms with Crippen LogP contribution in [0.25, 0.3) is 0 Å². The molecular weight excluding hydrogens is 348 g/mol. The molecule has 1 fully saturated rings. The molecule has 0 saturated carbocycles. The lowest BCUT2D eigenvalue weighted by Crippen LogP contribution is -2.43. The lowest BCUT2D eigenvalue weighted by atomic mass is 10.0. The normalized spacial score (nSPS) is 19.7. The van der Waals surface area contributed by atoms with Gasteiger partial charge in [-0.15, -0.1) is 0 Å². The number of hydrogen-bond donors (Lipinski definition) is 1. The van der Waals surface area contributed by atoms with Crippen LogP contribution in [0.2, 0.25) is 0 Å². The minimum Gasteiger partial charge on any atom is -0.380 e. The molecule has 1 N–H and O–H groups in total. The Kier molecular flexibility index (Phi) is 6.02. The maximum absolute atomic E-state index is 12.8. The van der Waals surface area contributed by atoms with Gasteiger partial charge in [-0.2, -0.15) is 0 Å². The van der Waals surface area contributed by atoms with Gasteiger partial charge in [0.1, 0.15) is 17.9 Å². The molecule has 3 heterocycles. The van der Waals surface area contributed by atoms with Crippen molar-refractivity contribution < 1.29 is 14.1 Å². The molecule has 1 saturated heterocycles. The van der Waals surface area contributed by atoms with Crippen LogP contribution in [0.3, 0.4) is 0 Å². The maximum Gasteiger partial charge on any atom is 0.274 e. The van der Waals surface area contributed by atoms with Crippen LogP contribution in [-0.2, 0) is 11.3 Å². The highest BCUT2D eigenvalue weighted by Crippen LogP contribution is 2.23. The smallest absolute Gasteiger partial charge is 0.274 e. The van der Waals surface area contributed by atoms with Gasteiger partial charge in [0.15, 0.2) is 5.69 Å². The second kappa shape index (κ2) is 8.45. The molecular formula is C18H26N6O3. The summed E-state index contributed by atoms with van der Waals surface area (Å²) in [7, 11) is 5.64. The van der Waals surface area contributed by atoms with Gasteiger partial charge in [0.25, 0.3) is 5.91 Å². The van der Waals surface area contributed by atoms with E-state index in [1.54, 1.807) is 20.2 Å². The van der Waals surface area contributed by atoms with Crippen molar-refractivity contribution in [2.75, 3.05) is 45.7 Å². The van der Waals surface area contributed by atoms with Crippen LogP contribution in [0.1, 0.15) is 21.8 Å². The van der Waals surface area contributed by atoms with Crippen LogP contribution in [0.5, 0.6) is 0 Å². The Balaban J connectivity index is 1.75. The van der Waals surface area contributed by atoms with E-state index in [1.165, 1.54) is 6.33 Å². The maximum atomic E-state index is 12.8. The molecule has 1 aliphatic rings. The zero-order valence-electron chi connectivity index (χ0n) is 16.2. The minimum absolute atomic E-state index is 0.0257. The zero-order chi connectivity index (χ0) is 19.4. The van der Waals surface area contributed by atoms with Gasteiger partial charge in [-0.1, -0.05) is 5.16 Å². The first-order chi connectivity index (χ1) is 13.0. The number of rotatable bonds is 7. The van der Waals surface area contributed by atoms with E-state index in [-0.39, 0.29) is 24.5 Å². The van der Waals surface area contributed by atoms with Gasteiger partial charge in [0, 0.05) is 38.9 Å². The van der Waals surface area contributed by atoms with Gasteiger partial charge >= 0.3 is 0 Å². The third kappa shape index (κ3) is 4.42. The number of aryl methyl sites for hydroxylation is 1. The Morgan fingerprint density at radius 2 is 2.26 bits per heavy atom. The standard InChI is InChI=1S/C18H26N6O3/c1-12-14(10-26-4)17(22-27-12)18(25)21-15-9-24(8-13(15)7-23(2)3)16-5-6-19-11-20-16/h5-6,11,13,15H,7-10H2,1-4H3,(H,21,25)/t13-,15-/m1/s1. The fourth-order valence-electron chi connectivity index (χ4n) is 3.47. The molecule has 2 aromatic heterocycles. The topological polar surface area (TPSA) is 96.6 Å². The average Bonchev–Trinajstić information content (AvgIpc) is 3.20. The van der Waals surface area contributed by atoms with E-state index in [0.29, 0.717) is 23.6 Å². The Bertz CT molecular complexity index is 764. The van der Waals surface area contributed by atoms with Gasteiger partial charge in [0.2, 0.25) is 0 Å². The number of hydrogen-bond acceptors (Lipinski definition) is 8. The van der Waals surface area contributed by atoms with Crippen molar-refractivity contribution in [1.29, 1.82) is 0 Å². The highest BCUT2D eigenvalue weighted by atomic mass is 16.5. The molecule has 0 radical (unpaired) electrons. The first kappa shape index (κ1) is 19.2. The van der Waals surface area contributed by atoms with Crippen molar-refractivity contribution in [2.45, 2.75) is 19.6 Å². The Morgan fingerprint density at radius 3 is 2.93 bits per heavy atom. The molecule has 0 aliphatic carbocycles. The zero-order valence-corrected chi connectivity index (χ0v) is 16.2. The number of anilines is 1. The number of methoxy groups -OCH3 is 1. The molecule has 9 heteroatoms. The number of carbonyl (C=O) groups is 1. The molecule has 2 aromatic rings. The molecule has 0 spiro atoms. The number of carbonyl (C=O) groups excluding carboxylic acids is 1. The third-order valence-electron chi connectivity index (χ3n) is 4.74. The Labute approximate surface area is 158 Å². The summed E-state index contributed by atoms with van der Waals surface area (Å²) >= 11 is 0. The van der Waals surface area contributed by atoms with Crippen molar-refractivity contribution in [1.82, 2.24) is 25.3 Å². The van der Waals surface area contributed by atoms with Crippen LogP contribution >= 0.6 is 0 Å². The first-order valence-electron chi connectivity index (χ1n) is 8.90. The van der Waals surface area contributed by atoms with Crippen LogP contribution in [-0.4, -0.2) is 72.8 Å². The molecule has 146 valence electrons. The summed E-state index contributed by atoms with van der Waals surface area (Å²) in [4.78, 5) is 25.4. The van der Waals surface area contributed by atoms with Gasteiger partial charge in [0.05, 0.1) is 18.2 Å². The molecule has 1 aliphatic heterocycles. The van der Waals surface area contributed by atoms with E-state index in [4.69, 9.17) is 9.26 Å². The largest absolute Gasteiger partial charge is 0.380 e. The van der Waals surface area contributed by atoms with Crippen molar-refractivity contribution >= 4 is 11.7 Å². The predicted molar refractivity (Wildman–Crippen MR) is 99.5 cm³/mol. The van der Waals surface area contributed by atoms with E-state index in [9.17, 15) is 4.79 Å². The van der Waals surface area contributed by atoms with Crippen molar-refractivity contribution in [3.05, 3.63) is 35.6 Å². The highest BCUT2D eigenvalue weighted by Gasteiger charge is 2.35. The van der Waals surface area contributed by atoms with Crippen LogP contribution in [0.15, 0.2) is 23.1 Å². The summed E-state index contributed by atoms with van der Waals surface area (Å²) in [6.45, 7) is 4.41. The molecule has 3 rings (SSSR count). The van der Waals surface area contributed by atoms with Crippen molar-refractivity contribution in [3.8, 4) is 0 Å². The Hall–Kier alpha value is -2.52. The van der Waals surface area contributed by atoms with Crippen LogP contribution in [0.4, 0.5) is 5.82 Å². The van der Waals surface area contributed by atoms with E-state index >= 15 is 0 Å². The molecule has 0 bridgehead atoms. The number of nitrogens with zero attached hydrogens (tertiary/aromatic N) is 5. The third-order valence-corrected chi connectivity index (χ3v) is 4.74. The summed E-state index contributed by atoms with van der Waals surface area (Å²) in [6.07, 6.45) is 3.27. The molecule has 2 atom stereocenters. The van der Waals surface area contributed by atoms with Gasteiger partial charge in [-0.25, -0.2) is 9.97 Å². The van der Waals surface area contributed by atoms with Gasteiger partial charge in [-0.3, -0.25) is 4.79 Å². The highest BCUT2D eigenvalue weighted by molar-refractivity contribution is 5.94. The van der Waals surface area contributed by atoms with E-state index in [0.717, 1.165) is 18.9 Å². The van der Waals surface area contributed by atoms with Crippen molar-refractivity contribution in [2.24, 2.45) is 5.92 Å². The Morgan fingerprint density at radius 1 is 1.44 bits per heavy atom. The molecule has 9 nitrogen and oxygen atoms in total. The lowest BCUT2D eigenvalue weighted by Gasteiger charge is -2.22. The fraction of sp³-hybridized carbons (Fsp3) is 0.556. The van der Waals surface area contributed by atoms with Crippen LogP contribution < -0.4 is 10.2 Å². The summed E-state index contributed by atoms with van der Waals surface area (Å²) in [6, 6.07) is 1.86. The summed E-state index contributed by atoms with van der Waals surface area (Å²) in [5, 5.41) is 7.06. The fourth-order valence-corrected chi connectivity index (χ4v) is 3.47. The molecule has 0 aromatic carbocycles. The van der Waals surface area contributed by atoms with Crippen molar-refractivity contribution in [3.63, 3.8) is 0 Å². The monoisotopic (exact) mass is 374 g/mol. The SMILES string of the molecule is COCc1c(C(=O)N[C@@H]2CN(c3ccncn3)C[C@H]2CN(C)C)noc1C. The number of ether oxygens (including phenoxy) is 1. The minimum atomic E-state index is -0.239. The number of aromatic nitrogens is 3. The molecule has 27 heavy (non-hydrogen) atoms. The summed E-state index contributed by atoms with van der Waals surface area (Å²) < 4.78 is 10.4. The number of amides is 1. The molecule has 0 unspecified atom stereocenters. The average molecular weight is 374 g/mol. The predicted octanol–water partition coefficient (Wildman–Crippen LogP) is 0.716. The van der Waals surface area contributed by atoms with Gasteiger partial charge < -0.3 is 24.4 Å².